The Morgan fingerprint density at radius 3 is 2.91 bits per heavy atom. The van der Waals surface area contributed by atoms with Gasteiger partial charge in [-0.15, -0.1) is 0 Å². The molecule has 3 aromatic rings. The van der Waals surface area contributed by atoms with Crippen molar-refractivity contribution in [2.24, 2.45) is 0 Å². The van der Waals surface area contributed by atoms with E-state index in [9.17, 15) is 9.59 Å². The van der Waals surface area contributed by atoms with E-state index in [0.29, 0.717) is 28.4 Å². The second-order valence-corrected chi connectivity index (χ2v) is 8.56. The Kier molecular flexibility index (Phi) is 6.69. The number of hydrogen-bond donors (Lipinski definition) is 0. The lowest BCUT2D eigenvalue weighted by Gasteiger charge is -2.15. The monoisotopic (exact) mass is 454 g/mol. The third-order valence-electron chi connectivity index (χ3n) is 5.33. The first kappa shape index (κ1) is 22.2. The normalized spacial score (nSPS) is 14.8. The van der Waals surface area contributed by atoms with Crippen LogP contribution in [0.25, 0.3) is 10.9 Å². The van der Waals surface area contributed by atoms with Gasteiger partial charge in [0, 0.05) is 29.8 Å². The van der Waals surface area contributed by atoms with Crippen molar-refractivity contribution < 1.29 is 19.0 Å². The van der Waals surface area contributed by atoms with Gasteiger partial charge < -0.3 is 14.2 Å². The number of carbonyl (C=O) groups is 1. The predicted molar refractivity (Wildman–Crippen MR) is 124 cm³/mol. The minimum absolute atomic E-state index is 0.0960. The van der Waals surface area contributed by atoms with E-state index >= 15 is 0 Å². The molecule has 0 radical (unpaired) electrons. The van der Waals surface area contributed by atoms with Gasteiger partial charge in [-0.3, -0.25) is 14.2 Å². The van der Waals surface area contributed by atoms with E-state index in [-0.39, 0.29) is 30.6 Å². The average Bonchev–Trinajstić information content (AvgIpc) is 3.15. The van der Waals surface area contributed by atoms with Crippen LogP contribution < -0.4 is 15.0 Å². The number of para-hydroxylation sites is 1. The van der Waals surface area contributed by atoms with Gasteiger partial charge in [0.05, 0.1) is 31.0 Å². The Morgan fingerprint density at radius 1 is 1.31 bits per heavy atom. The van der Waals surface area contributed by atoms with Crippen molar-refractivity contribution in [2.75, 3.05) is 13.7 Å². The van der Waals surface area contributed by atoms with Gasteiger partial charge in [-0.25, -0.2) is 4.98 Å². The van der Waals surface area contributed by atoms with Gasteiger partial charge in [0.2, 0.25) is 0 Å². The minimum atomic E-state index is -0.371. The fourth-order valence-electron chi connectivity index (χ4n) is 3.79. The first-order valence-electron chi connectivity index (χ1n) is 10.6. The predicted octanol–water partition coefficient (Wildman–Crippen LogP) is 3.97. The van der Waals surface area contributed by atoms with Gasteiger partial charge in [0.15, 0.2) is 5.16 Å². The van der Waals surface area contributed by atoms with E-state index in [4.69, 9.17) is 19.2 Å². The summed E-state index contributed by atoms with van der Waals surface area (Å²) in [6.45, 7) is 4.77. The van der Waals surface area contributed by atoms with Gasteiger partial charge in [-0.05, 0) is 38.1 Å². The van der Waals surface area contributed by atoms with Crippen LogP contribution in [0.3, 0.4) is 0 Å². The van der Waals surface area contributed by atoms with Crippen LogP contribution in [0.5, 0.6) is 11.5 Å². The molecule has 0 N–H and O–H groups in total. The van der Waals surface area contributed by atoms with Crippen LogP contribution in [0.15, 0.2) is 46.3 Å². The van der Waals surface area contributed by atoms with Crippen molar-refractivity contribution >= 4 is 28.6 Å². The molecule has 0 saturated heterocycles. The molecule has 0 saturated carbocycles. The molecule has 2 heterocycles. The summed E-state index contributed by atoms with van der Waals surface area (Å²) in [5.74, 6) is 1.87. The number of rotatable bonds is 8. The number of carbonyl (C=O) groups excluding carboxylic acids is 1. The Balaban J connectivity index is 1.67. The van der Waals surface area contributed by atoms with E-state index in [2.05, 4.69) is 6.07 Å². The molecule has 0 aliphatic carbocycles. The zero-order valence-electron chi connectivity index (χ0n) is 18.4. The quantitative estimate of drug-likeness (QED) is 0.289. The van der Waals surface area contributed by atoms with Gasteiger partial charge in [0.25, 0.3) is 5.56 Å². The first-order valence-corrected chi connectivity index (χ1v) is 11.6. The van der Waals surface area contributed by atoms with Gasteiger partial charge in [0.1, 0.15) is 17.6 Å². The molecule has 32 heavy (non-hydrogen) atoms. The molecule has 1 aliphatic rings. The number of benzene rings is 2. The number of fused-ring (bicyclic) bond motifs is 2. The lowest BCUT2D eigenvalue weighted by molar-refractivity contribution is -0.140. The molecule has 168 valence electrons. The smallest absolute Gasteiger partial charge is 0.307 e. The van der Waals surface area contributed by atoms with Crippen LogP contribution in [0.2, 0.25) is 0 Å². The second kappa shape index (κ2) is 9.65. The molecule has 0 amide bonds. The summed E-state index contributed by atoms with van der Waals surface area (Å²) in [7, 11) is 1.34. The molecule has 1 atom stereocenters. The maximum atomic E-state index is 13.1. The van der Waals surface area contributed by atoms with Crippen molar-refractivity contribution in [3.8, 4) is 11.5 Å². The zero-order chi connectivity index (χ0) is 22.7. The summed E-state index contributed by atoms with van der Waals surface area (Å²) in [4.78, 5) is 29.6. The lowest BCUT2D eigenvalue weighted by Crippen LogP contribution is -2.24. The number of hydrogen-bond acceptors (Lipinski definition) is 7. The van der Waals surface area contributed by atoms with Crippen LogP contribution in [0.1, 0.15) is 31.4 Å². The zero-order valence-corrected chi connectivity index (χ0v) is 19.2. The van der Waals surface area contributed by atoms with Crippen molar-refractivity contribution in [1.82, 2.24) is 9.55 Å². The van der Waals surface area contributed by atoms with Crippen molar-refractivity contribution in [3.05, 3.63) is 57.9 Å². The highest BCUT2D eigenvalue weighted by Crippen LogP contribution is 2.37. The molecule has 0 bridgehead atoms. The summed E-state index contributed by atoms with van der Waals surface area (Å²) in [6.07, 6.45) is 1.11. The molecular weight excluding hydrogens is 428 g/mol. The van der Waals surface area contributed by atoms with E-state index in [1.165, 1.54) is 18.9 Å². The fraction of sp³-hybridized carbons (Fsp3) is 0.375. The van der Waals surface area contributed by atoms with E-state index in [1.54, 1.807) is 10.6 Å². The Labute approximate surface area is 190 Å². The number of nitrogens with zero attached hydrogens (tertiary/aromatic N) is 2. The topological polar surface area (TPSA) is 79.7 Å². The number of aromatic nitrogens is 2. The van der Waals surface area contributed by atoms with E-state index in [0.717, 1.165) is 29.0 Å². The van der Waals surface area contributed by atoms with E-state index < -0.39 is 0 Å². The molecular formula is C24H26N2O5S. The first-order chi connectivity index (χ1) is 15.5. The summed E-state index contributed by atoms with van der Waals surface area (Å²) in [5.41, 5.74) is 2.59. The molecule has 1 aliphatic heterocycles. The Hall–Kier alpha value is -3.00. The van der Waals surface area contributed by atoms with Crippen molar-refractivity contribution in [2.45, 2.75) is 50.2 Å². The average molecular weight is 455 g/mol. The molecule has 0 spiro atoms. The maximum Gasteiger partial charge on any atom is 0.307 e. The summed E-state index contributed by atoms with van der Waals surface area (Å²) in [5, 5.41) is 1.08. The van der Waals surface area contributed by atoms with Crippen molar-refractivity contribution in [3.63, 3.8) is 0 Å². The van der Waals surface area contributed by atoms with Gasteiger partial charge in [-0.1, -0.05) is 23.9 Å². The standard InChI is InChI=1S/C24H26N2O5S/c1-4-30-20-12-16-11-15(2)31-21(16)13-17(20)14-32-24-25-19-8-6-5-7-18(19)23(28)26(24)10-9-22(27)29-3/h5-8,12-13,15H,4,9-11,14H2,1-3H3. The lowest BCUT2D eigenvalue weighted by atomic mass is 10.1. The highest BCUT2D eigenvalue weighted by atomic mass is 32.2. The fourth-order valence-corrected chi connectivity index (χ4v) is 4.79. The van der Waals surface area contributed by atoms with Crippen LogP contribution in [0.4, 0.5) is 0 Å². The third kappa shape index (κ3) is 4.60. The highest BCUT2D eigenvalue weighted by molar-refractivity contribution is 7.98. The van der Waals surface area contributed by atoms with Crippen LogP contribution >= 0.6 is 11.8 Å². The minimum Gasteiger partial charge on any atom is -0.494 e. The van der Waals surface area contributed by atoms with Crippen molar-refractivity contribution in [1.29, 1.82) is 0 Å². The Morgan fingerprint density at radius 2 is 2.12 bits per heavy atom. The maximum absolute atomic E-state index is 13.1. The van der Waals surface area contributed by atoms with Gasteiger partial charge >= 0.3 is 5.97 Å². The molecule has 7 nitrogen and oxygen atoms in total. The van der Waals surface area contributed by atoms with E-state index in [1.807, 2.05) is 38.1 Å². The van der Waals surface area contributed by atoms with Gasteiger partial charge in [-0.2, -0.15) is 0 Å². The molecule has 0 fully saturated rings. The molecule has 8 heteroatoms. The summed E-state index contributed by atoms with van der Waals surface area (Å²) >= 11 is 1.44. The largest absolute Gasteiger partial charge is 0.494 e. The number of methoxy groups -OCH3 is 1. The molecule has 1 aromatic heterocycles. The van der Waals surface area contributed by atoms with Crippen LogP contribution in [-0.4, -0.2) is 35.3 Å². The number of ether oxygens (including phenoxy) is 3. The number of thioether (sulfide) groups is 1. The Bertz CT molecular complexity index is 1210. The number of esters is 1. The van der Waals surface area contributed by atoms with Crippen LogP contribution in [-0.2, 0) is 28.2 Å². The molecule has 4 rings (SSSR count). The summed E-state index contributed by atoms with van der Waals surface area (Å²) in [6, 6.07) is 11.3. The highest BCUT2D eigenvalue weighted by Gasteiger charge is 2.22. The van der Waals surface area contributed by atoms with Crippen LogP contribution in [0, 0.1) is 0 Å². The molecule has 1 unspecified atom stereocenters. The SMILES string of the molecule is CCOc1cc2c(cc1CSc1nc3ccccc3c(=O)n1CCC(=O)OC)OC(C)C2. The summed E-state index contributed by atoms with van der Waals surface area (Å²) < 4.78 is 18.1. The second-order valence-electron chi connectivity index (χ2n) is 7.62. The third-order valence-corrected chi connectivity index (χ3v) is 6.35. The molecule has 2 aromatic carbocycles.